The zero-order chi connectivity index (χ0) is 17.1. The molecule has 1 unspecified atom stereocenters. The van der Waals surface area contributed by atoms with Crippen molar-refractivity contribution in [3.8, 4) is 0 Å². The fourth-order valence-corrected chi connectivity index (χ4v) is 2.93. The van der Waals surface area contributed by atoms with Crippen LogP contribution in [-0.2, 0) is 16.0 Å². The number of rotatable bonds is 4. The second kappa shape index (κ2) is 6.83. The summed E-state index contributed by atoms with van der Waals surface area (Å²) in [6.07, 6.45) is 2.99. The molecule has 1 aliphatic heterocycles. The number of aryl methyl sites for hydroxylation is 2. The van der Waals surface area contributed by atoms with Crippen molar-refractivity contribution >= 4 is 23.3 Å². The van der Waals surface area contributed by atoms with Crippen LogP contribution in [0, 0.1) is 12.8 Å². The van der Waals surface area contributed by atoms with Crippen molar-refractivity contribution in [2.75, 3.05) is 16.8 Å². The Morgan fingerprint density at radius 3 is 2.71 bits per heavy atom. The Labute approximate surface area is 141 Å². The van der Waals surface area contributed by atoms with E-state index in [4.69, 9.17) is 0 Å². The van der Waals surface area contributed by atoms with Gasteiger partial charge in [-0.2, -0.15) is 0 Å². The summed E-state index contributed by atoms with van der Waals surface area (Å²) < 4.78 is 0. The topological polar surface area (TPSA) is 63.6 Å². The lowest BCUT2D eigenvalue weighted by Gasteiger charge is -2.16. The summed E-state index contributed by atoms with van der Waals surface area (Å²) in [6.45, 7) is 4.48. The van der Waals surface area contributed by atoms with Gasteiger partial charge in [0.2, 0.25) is 5.91 Å². The summed E-state index contributed by atoms with van der Waals surface area (Å²) in [4.78, 5) is 29.4. The number of nitrogens with one attached hydrogen (secondary N) is 2. The lowest BCUT2D eigenvalue weighted by molar-refractivity contribution is -0.360. The molecule has 5 nitrogen and oxygen atoms in total. The van der Waals surface area contributed by atoms with Gasteiger partial charge >= 0.3 is 5.91 Å². The van der Waals surface area contributed by atoms with Crippen molar-refractivity contribution in [3.63, 3.8) is 0 Å². The van der Waals surface area contributed by atoms with Crippen molar-refractivity contribution in [2.24, 2.45) is 5.92 Å². The molecule has 0 aliphatic carbocycles. The Morgan fingerprint density at radius 1 is 1.29 bits per heavy atom. The second-order valence-electron chi connectivity index (χ2n) is 6.19. The van der Waals surface area contributed by atoms with Gasteiger partial charge < -0.3 is 4.90 Å². The number of aromatic nitrogens is 1. The van der Waals surface area contributed by atoms with Crippen LogP contribution >= 0.6 is 0 Å². The monoisotopic (exact) mass is 324 g/mol. The Morgan fingerprint density at radius 2 is 2.04 bits per heavy atom. The number of carbonyl (C=O) groups excluding carboxylic acids is 2. The van der Waals surface area contributed by atoms with E-state index in [1.165, 1.54) is 5.56 Å². The van der Waals surface area contributed by atoms with Gasteiger partial charge in [0.15, 0.2) is 0 Å². The zero-order valence-electron chi connectivity index (χ0n) is 14.0. The summed E-state index contributed by atoms with van der Waals surface area (Å²) in [5.74, 6) is 0.181. The molecule has 124 valence electrons. The fraction of sp³-hybridized carbons (Fsp3) is 0.316. The van der Waals surface area contributed by atoms with Crippen LogP contribution in [0.5, 0.6) is 0 Å². The van der Waals surface area contributed by atoms with Crippen molar-refractivity contribution in [1.29, 1.82) is 0 Å². The highest BCUT2D eigenvalue weighted by molar-refractivity contribution is 6.03. The predicted octanol–water partition coefficient (Wildman–Crippen LogP) is 2.36. The van der Waals surface area contributed by atoms with Crippen LogP contribution in [0.1, 0.15) is 24.5 Å². The minimum absolute atomic E-state index is 0.00683. The first-order chi connectivity index (χ1) is 11.6. The summed E-state index contributed by atoms with van der Waals surface area (Å²) in [7, 11) is 0. The van der Waals surface area contributed by atoms with Gasteiger partial charge in [0.05, 0.1) is 12.1 Å². The molecule has 0 bridgehead atoms. The maximum absolute atomic E-state index is 12.4. The number of pyridine rings is 1. The van der Waals surface area contributed by atoms with Crippen LogP contribution in [0.3, 0.4) is 0 Å². The van der Waals surface area contributed by atoms with E-state index in [0.29, 0.717) is 12.4 Å². The van der Waals surface area contributed by atoms with Crippen LogP contribution in [0.4, 0.5) is 11.5 Å². The third-order valence-electron chi connectivity index (χ3n) is 4.37. The Bertz CT molecular complexity index is 755. The highest BCUT2D eigenvalue weighted by Crippen LogP contribution is 2.26. The van der Waals surface area contributed by atoms with Gasteiger partial charge in [-0.05, 0) is 42.7 Å². The molecule has 0 radical (unpaired) electrons. The smallest absolute Gasteiger partial charge is 0.312 e. The molecule has 2 amide bonds. The highest BCUT2D eigenvalue weighted by atomic mass is 16.2. The fourth-order valence-electron chi connectivity index (χ4n) is 2.93. The molecule has 1 atom stereocenters. The van der Waals surface area contributed by atoms with Crippen LogP contribution in [0.2, 0.25) is 0 Å². The van der Waals surface area contributed by atoms with Gasteiger partial charge in [0.1, 0.15) is 0 Å². The number of nitrogens with zero attached hydrogens (tertiary/aromatic N) is 1. The quantitative estimate of drug-likeness (QED) is 0.938. The summed E-state index contributed by atoms with van der Waals surface area (Å²) >= 11 is 0. The molecule has 0 spiro atoms. The Balaban J connectivity index is 1.68. The number of amides is 2. The van der Waals surface area contributed by atoms with Crippen LogP contribution in [-0.4, -0.2) is 18.4 Å². The summed E-state index contributed by atoms with van der Waals surface area (Å²) in [5, 5.41) is 2.86. The number of H-pyrrole nitrogens is 1. The molecular formula is C19H22N3O2+. The molecule has 1 aromatic heterocycles. The number of anilines is 2. The third-order valence-corrected chi connectivity index (χ3v) is 4.37. The lowest BCUT2D eigenvalue weighted by Crippen LogP contribution is -2.29. The molecule has 3 rings (SSSR count). The van der Waals surface area contributed by atoms with Crippen molar-refractivity contribution in [3.05, 3.63) is 53.7 Å². The maximum atomic E-state index is 12.4. The highest BCUT2D eigenvalue weighted by Gasteiger charge is 2.37. The number of carbonyl (C=O) groups is 2. The van der Waals surface area contributed by atoms with Crippen molar-refractivity contribution in [1.82, 2.24) is 0 Å². The number of aromatic amines is 1. The minimum atomic E-state index is -0.336. The van der Waals surface area contributed by atoms with Gasteiger partial charge in [0.25, 0.3) is 5.82 Å². The van der Waals surface area contributed by atoms with E-state index >= 15 is 0 Å². The average Bonchev–Trinajstić information content (AvgIpc) is 2.97. The van der Waals surface area contributed by atoms with E-state index in [1.807, 2.05) is 43.3 Å². The largest absolute Gasteiger partial charge is 0.312 e. The zero-order valence-corrected chi connectivity index (χ0v) is 14.0. The van der Waals surface area contributed by atoms with Crippen molar-refractivity contribution in [2.45, 2.75) is 26.7 Å². The van der Waals surface area contributed by atoms with E-state index in [9.17, 15) is 9.59 Å². The van der Waals surface area contributed by atoms with Gasteiger partial charge in [-0.15, -0.1) is 0 Å². The van der Waals surface area contributed by atoms with Gasteiger partial charge in [-0.3, -0.25) is 4.79 Å². The van der Waals surface area contributed by atoms with E-state index in [1.54, 1.807) is 11.1 Å². The van der Waals surface area contributed by atoms with Crippen LogP contribution in [0.15, 0.2) is 42.6 Å². The number of hydrogen-bond acceptors (Lipinski definition) is 2. The Kier molecular flexibility index (Phi) is 4.60. The van der Waals surface area contributed by atoms with E-state index in [-0.39, 0.29) is 24.2 Å². The molecule has 0 saturated carbocycles. The van der Waals surface area contributed by atoms with E-state index in [2.05, 4.69) is 17.2 Å². The first-order valence-electron chi connectivity index (χ1n) is 8.25. The van der Waals surface area contributed by atoms with Crippen molar-refractivity contribution < 1.29 is 14.6 Å². The van der Waals surface area contributed by atoms with Gasteiger partial charge in [-0.1, -0.05) is 19.1 Å². The predicted molar refractivity (Wildman–Crippen MR) is 92.6 cm³/mol. The molecule has 5 heteroatoms. The molecule has 2 N–H and O–H groups in total. The number of hydrogen-bond donors (Lipinski definition) is 1. The van der Waals surface area contributed by atoms with Gasteiger partial charge in [-0.25, -0.2) is 15.1 Å². The standard InChI is InChI=1S/C19H21N3O2/c1-3-14-4-6-16(7-5-14)22-12-15(11-18(22)23)19(24)21-17-10-13(2)8-9-20-17/h4-10,15H,3,11-12H2,1-2H3,(H,20,21,24)/p+1. The first-order valence-corrected chi connectivity index (χ1v) is 8.25. The molecule has 24 heavy (non-hydrogen) atoms. The molecule has 2 aromatic rings. The van der Waals surface area contributed by atoms with E-state index < -0.39 is 0 Å². The third kappa shape index (κ3) is 3.45. The molecular weight excluding hydrogens is 302 g/mol. The molecule has 2 heterocycles. The molecule has 1 aromatic carbocycles. The Hall–Kier alpha value is -2.69. The number of benzene rings is 1. The SMILES string of the molecule is CCc1ccc(N2CC(C(=O)Nc3cc(C)cc[nH+]3)CC2=O)cc1. The van der Waals surface area contributed by atoms with Crippen LogP contribution in [0.25, 0.3) is 0 Å². The normalized spacial score (nSPS) is 17.2. The first kappa shape index (κ1) is 16.2. The van der Waals surface area contributed by atoms with E-state index in [0.717, 1.165) is 17.7 Å². The minimum Gasteiger partial charge on any atom is -0.312 e. The van der Waals surface area contributed by atoms with Gasteiger partial charge in [0, 0.05) is 24.7 Å². The summed E-state index contributed by atoms with van der Waals surface area (Å²) in [6, 6.07) is 11.7. The average molecular weight is 324 g/mol. The summed E-state index contributed by atoms with van der Waals surface area (Å²) in [5.41, 5.74) is 3.15. The molecule has 1 fully saturated rings. The lowest BCUT2D eigenvalue weighted by atomic mass is 10.1. The molecule has 1 saturated heterocycles. The molecule has 1 aliphatic rings. The maximum Gasteiger partial charge on any atom is 0.312 e. The second-order valence-corrected chi connectivity index (χ2v) is 6.19. The van der Waals surface area contributed by atoms with Crippen LogP contribution < -0.4 is 15.2 Å².